The smallest absolute Gasteiger partial charge is 0.216 e. The molecule has 0 bridgehead atoms. The van der Waals surface area contributed by atoms with Gasteiger partial charge in [0.05, 0.1) is 11.1 Å². The maximum Gasteiger partial charge on any atom is 0.216 e. The lowest BCUT2D eigenvalue weighted by molar-refractivity contribution is -0.660. The van der Waals surface area contributed by atoms with Gasteiger partial charge in [-0.3, -0.25) is 0 Å². The van der Waals surface area contributed by atoms with Crippen LogP contribution in [0.4, 0.5) is 15.8 Å². The van der Waals surface area contributed by atoms with Crippen LogP contribution in [-0.4, -0.2) is 7.05 Å². The second-order valence-electron chi connectivity index (χ2n) is 11.2. The Morgan fingerprint density at radius 2 is 1.46 bits per heavy atom. The maximum atomic E-state index is 15.8. The van der Waals surface area contributed by atoms with E-state index in [1.54, 1.807) is 6.07 Å². The predicted octanol–water partition coefficient (Wildman–Crippen LogP) is 8.60. The lowest BCUT2D eigenvalue weighted by Crippen LogP contribution is -2.30. The van der Waals surface area contributed by atoms with Gasteiger partial charge in [-0.2, -0.15) is 0 Å². The molecule has 0 saturated heterocycles. The van der Waals surface area contributed by atoms with Gasteiger partial charge >= 0.3 is 0 Å². The van der Waals surface area contributed by atoms with E-state index < -0.39 is 0 Å². The summed E-state index contributed by atoms with van der Waals surface area (Å²) in [6, 6.07) is 28.6. The first-order valence-corrected chi connectivity index (χ1v) is 13.3. The van der Waals surface area contributed by atoms with E-state index in [1.807, 2.05) is 37.5 Å². The summed E-state index contributed by atoms with van der Waals surface area (Å²) in [5, 5.41) is 1.91. The van der Waals surface area contributed by atoms with Crippen LogP contribution in [0.1, 0.15) is 30.5 Å². The number of hydrogen-bond donors (Lipinski definition) is 0. The highest BCUT2D eigenvalue weighted by Gasteiger charge is 2.35. The van der Waals surface area contributed by atoms with E-state index in [9.17, 15) is 0 Å². The summed E-state index contributed by atoms with van der Waals surface area (Å²) < 4.78 is 24.5. The third kappa shape index (κ3) is 3.31. The molecule has 0 N–H and O–H groups in total. The van der Waals surface area contributed by atoms with Crippen molar-refractivity contribution in [2.24, 2.45) is 7.05 Å². The van der Waals surface area contributed by atoms with E-state index >= 15 is 4.39 Å². The molecule has 3 nitrogen and oxygen atoms in total. The fraction of sp³-hybridized carbons (Fsp3) is 0.171. The van der Waals surface area contributed by atoms with E-state index in [1.165, 1.54) is 16.8 Å². The van der Waals surface area contributed by atoms with Crippen LogP contribution in [0, 0.1) is 12.7 Å². The zero-order valence-electron chi connectivity index (χ0n) is 22.8. The van der Waals surface area contributed by atoms with Crippen molar-refractivity contribution in [3.8, 4) is 22.4 Å². The molecule has 1 aliphatic heterocycles. The van der Waals surface area contributed by atoms with Crippen molar-refractivity contribution in [2.45, 2.75) is 26.2 Å². The summed E-state index contributed by atoms with van der Waals surface area (Å²) in [6.07, 6.45) is 2.03. The summed E-state index contributed by atoms with van der Waals surface area (Å²) in [5.74, 6) is -0.285. The SMILES string of the molecule is Cc1ccc2c(oc3c(-c4ccc5c(c4)C(C)(C)c4ccccc4N5C)c(F)ccc32)c1-c1cccc[n+]1C. The number of furan rings is 1. The molecule has 7 rings (SSSR count). The minimum atomic E-state index is -0.285. The molecule has 0 saturated carbocycles. The molecule has 0 aliphatic carbocycles. The largest absolute Gasteiger partial charge is 0.454 e. The van der Waals surface area contributed by atoms with Crippen LogP contribution in [0.3, 0.4) is 0 Å². The molecule has 4 heteroatoms. The van der Waals surface area contributed by atoms with Gasteiger partial charge in [0.25, 0.3) is 0 Å². The van der Waals surface area contributed by atoms with Crippen molar-refractivity contribution in [1.29, 1.82) is 0 Å². The second-order valence-corrected chi connectivity index (χ2v) is 11.2. The molecule has 0 radical (unpaired) electrons. The van der Waals surface area contributed by atoms with Gasteiger partial charge < -0.3 is 9.32 Å². The van der Waals surface area contributed by atoms with Gasteiger partial charge in [0, 0.05) is 46.7 Å². The number of hydrogen-bond acceptors (Lipinski definition) is 2. The summed E-state index contributed by atoms with van der Waals surface area (Å²) in [7, 11) is 4.13. The number of aromatic nitrogens is 1. The van der Waals surface area contributed by atoms with Gasteiger partial charge in [-0.05, 0) is 65.6 Å². The van der Waals surface area contributed by atoms with E-state index in [-0.39, 0.29) is 11.2 Å². The Bertz CT molecular complexity index is 1950. The summed E-state index contributed by atoms with van der Waals surface area (Å²) >= 11 is 0. The number of para-hydroxylation sites is 1. The van der Waals surface area contributed by atoms with Gasteiger partial charge in [0.1, 0.15) is 24.0 Å². The lowest BCUT2D eigenvalue weighted by Gasteiger charge is -2.40. The fourth-order valence-corrected chi connectivity index (χ4v) is 6.40. The van der Waals surface area contributed by atoms with Gasteiger partial charge in [-0.25, -0.2) is 8.96 Å². The second kappa shape index (κ2) is 8.28. The van der Waals surface area contributed by atoms with E-state index in [0.29, 0.717) is 11.1 Å². The van der Waals surface area contributed by atoms with Crippen LogP contribution in [0.5, 0.6) is 0 Å². The average Bonchev–Trinajstić information content (AvgIpc) is 3.30. The van der Waals surface area contributed by atoms with Crippen LogP contribution < -0.4 is 9.47 Å². The molecule has 0 fully saturated rings. The summed E-state index contributed by atoms with van der Waals surface area (Å²) in [6.45, 7) is 6.58. The molecule has 1 aliphatic rings. The molecular formula is C35H30FN2O+. The first-order valence-electron chi connectivity index (χ1n) is 13.3. The topological polar surface area (TPSA) is 20.3 Å². The quantitative estimate of drug-likeness (QED) is 0.216. The highest BCUT2D eigenvalue weighted by molar-refractivity contribution is 6.13. The average molecular weight is 514 g/mol. The molecule has 0 atom stereocenters. The lowest BCUT2D eigenvalue weighted by atomic mass is 9.73. The number of aryl methyl sites for hydroxylation is 2. The van der Waals surface area contributed by atoms with Gasteiger partial charge in [0.15, 0.2) is 6.20 Å². The maximum absolute atomic E-state index is 15.8. The number of rotatable bonds is 2. The highest BCUT2D eigenvalue weighted by atomic mass is 19.1. The number of fused-ring (bicyclic) bond motifs is 5. The molecule has 0 amide bonds. The number of pyridine rings is 1. The van der Waals surface area contributed by atoms with Crippen LogP contribution in [0.25, 0.3) is 44.3 Å². The van der Waals surface area contributed by atoms with E-state index in [2.05, 4.69) is 91.9 Å². The van der Waals surface area contributed by atoms with E-state index in [0.717, 1.165) is 44.4 Å². The molecular weight excluding hydrogens is 483 g/mol. The van der Waals surface area contributed by atoms with Crippen molar-refractivity contribution >= 4 is 33.3 Å². The normalized spacial score (nSPS) is 14.1. The van der Waals surface area contributed by atoms with Crippen LogP contribution >= 0.6 is 0 Å². The van der Waals surface area contributed by atoms with Crippen molar-refractivity contribution < 1.29 is 13.4 Å². The van der Waals surface area contributed by atoms with Gasteiger partial charge in [0.2, 0.25) is 5.69 Å². The van der Waals surface area contributed by atoms with Gasteiger partial charge in [-0.1, -0.05) is 50.2 Å². The Morgan fingerprint density at radius 1 is 0.769 bits per heavy atom. The number of nitrogens with zero attached hydrogens (tertiary/aromatic N) is 2. The minimum absolute atomic E-state index is 0.237. The molecule has 0 spiro atoms. The third-order valence-corrected chi connectivity index (χ3v) is 8.54. The molecule has 4 aromatic carbocycles. The van der Waals surface area contributed by atoms with Crippen molar-refractivity contribution in [3.05, 3.63) is 114 Å². The first-order chi connectivity index (χ1) is 18.8. The van der Waals surface area contributed by atoms with Crippen molar-refractivity contribution in [3.63, 3.8) is 0 Å². The first kappa shape index (κ1) is 23.7. The minimum Gasteiger partial charge on any atom is -0.454 e. The summed E-state index contributed by atoms with van der Waals surface area (Å²) in [5.41, 5.74) is 10.4. The van der Waals surface area contributed by atoms with Crippen LogP contribution in [0.15, 0.2) is 95.5 Å². The van der Waals surface area contributed by atoms with Gasteiger partial charge in [-0.15, -0.1) is 0 Å². The van der Waals surface area contributed by atoms with Crippen LogP contribution in [0.2, 0.25) is 0 Å². The number of anilines is 2. The molecule has 0 unspecified atom stereocenters. The Labute approximate surface area is 227 Å². The van der Waals surface area contributed by atoms with E-state index in [4.69, 9.17) is 4.42 Å². The molecule has 6 aromatic rings. The third-order valence-electron chi connectivity index (χ3n) is 8.54. The summed E-state index contributed by atoms with van der Waals surface area (Å²) in [4.78, 5) is 2.23. The van der Waals surface area contributed by atoms with Crippen molar-refractivity contribution in [2.75, 3.05) is 11.9 Å². The monoisotopic (exact) mass is 513 g/mol. The molecule has 39 heavy (non-hydrogen) atoms. The molecule has 3 heterocycles. The number of benzene rings is 4. The zero-order chi connectivity index (χ0) is 27.1. The standard InChI is InChI=1S/C35H30FN2O/c1-21-13-15-23-24-16-17-27(36)32(34(24)39-33(23)31(21)30-12-8-9-19-37(30)4)22-14-18-29-26(20-22)35(2,3)25-10-6-7-11-28(25)38(29)5/h6-20H,1-5H3/q+1. The number of halogens is 1. The van der Waals surface area contributed by atoms with Crippen molar-refractivity contribution in [1.82, 2.24) is 0 Å². The Hall–Kier alpha value is -4.44. The highest BCUT2D eigenvalue weighted by Crippen LogP contribution is 2.50. The Balaban J connectivity index is 1.49. The molecule has 2 aromatic heterocycles. The van der Waals surface area contributed by atoms with Crippen LogP contribution in [-0.2, 0) is 12.5 Å². The Morgan fingerprint density at radius 3 is 2.26 bits per heavy atom. The fourth-order valence-electron chi connectivity index (χ4n) is 6.40. The molecule has 192 valence electrons. The zero-order valence-corrected chi connectivity index (χ0v) is 22.8. The predicted molar refractivity (Wildman–Crippen MR) is 157 cm³/mol. The Kier molecular flexibility index (Phi) is 5.02.